The van der Waals surface area contributed by atoms with E-state index in [0.717, 1.165) is 18.8 Å². The van der Waals surface area contributed by atoms with Gasteiger partial charge < -0.3 is 19.8 Å². The van der Waals surface area contributed by atoms with Gasteiger partial charge in [-0.05, 0) is 38.1 Å². The van der Waals surface area contributed by atoms with E-state index in [1.165, 1.54) is 6.07 Å². The Hall–Kier alpha value is -1.37. The number of carbonyl (C=O) groups is 1. The van der Waals surface area contributed by atoms with Gasteiger partial charge in [0.2, 0.25) is 0 Å². The van der Waals surface area contributed by atoms with Crippen LogP contribution in [-0.2, 0) is 4.79 Å². The summed E-state index contributed by atoms with van der Waals surface area (Å²) in [5, 5.41) is 10.8. The highest BCUT2D eigenvalue weighted by Gasteiger charge is 2.41. The van der Waals surface area contributed by atoms with E-state index in [1.807, 2.05) is 7.05 Å². The molecule has 132 valence electrons. The Morgan fingerprint density at radius 1 is 1.17 bits per heavy atom. The maximum absolute atomic E-state index is 13.3. The van der Waals surface area contributed by atoms with Crippen molar-refractivity contribution in [1.82, 2.24) is 9.80 Å². The fraction of sp³-hybridized carbons (Fsp3) is 0.588. The summed E-state index contributed by atoms with van der Waals surface area (Å²) in [5.74, 6) is -0.592. The minimum atomic E-state index is -1.23. The Morgan fingerprint density at radius 3 is 2.38 bits per heavy atom. The van der Waals surface area contributed by atoms with Gasteiger partial charge in [-0.3, -0.25) is 4.79 Å². The molecule has 2 aliphatic heterocycles. The van der Waals surface area contributed by atoms with Crippen molar-refractivity contribution in [2.75, 3.05) is 51.2 Å². The van der Waals surface area contributed by atoms with Crippen LogP contribution in [0.1, 0.15) is 12.8 Å². The average molecular weight is 356 g/mol. The largest absolute Gasteiger partial charge is 0.380 e. The van der Waals surface area contributed by atoms with Crippen molar-refractivity contribution in [3.8, 4) is 0 Å². The summed E-state index contributed by atoms with van der Waals surface area (Å²) in [6.45, 7) is 3.85. The predicted molar refractivity (Wildman–Crippen MR) is 91.9 cm³/mol. The van der Waals surface area contributed by atoms with Crippen molar-refractivity contribution in [2.24, 2.45) is 0 Å². The Bertz CT molecular complexity index is 612. The third kappa shape index (κ3) is 3.50. The van der Waals surface area contributed by atoms with Crippen molar-refractivity contribution in [2.45, 2.75) is 18.4 Å². The molecule has 0 saturated carbocycles. The van der Waals surface area contributed by atoms with Crippen LogP contribution in [0.5, 0.6) is 0 Å². The lowest BCUT2D eigenvalue weighted by molar-refractivity contribution is -0.156. The van der Waals surface area contributed by atoms with Gasteiger partial charge in [0.05, 0.1) is 5.02 Å². The second-order valence-electron chi connectivity index (χ2n) is 6.71. The molecule has 7 heteroatoms. The number of amides is 1. The molecule has 0 aliphatic carbocycles. The van der Waals surface area contributed by atoms with Gasteiger partial charge in [-0.2, -0.15) is 0 Å². The highest BCUT2D eigenvalue weighted by Crippen LogP contribution is 2.27. The fourth-order valence-corrected chi connectivity index (χ4v) is 3.52. The van der Waals surface area contributed by atoms with Crippen LogP contribution < -0.4 is 4.90 Å². The summed E-state index contributed by atoms with van der Waals surface area (Å²) >= 11 is 5.84. The van der Waals surface area contributed by atoms with Crippen LogP contribution in [0.15, 0.2) is 18.2 Å². The van der Waals surface area contributed by atoms with Crippen LogP contribution in [0.2, 0.25) is 5.02 Å². The van der Waals surface area contributed by atoms with E-state index >= 15 is 0 Å². The molecule has 0 bridgehead atoms. The smallest absolute Gasteiger partial charge is 0.254 e. The zero-order valence-electron chi connectivity index (χ0n) is 13.8. The summed E-state index contributed by atoms with van der Waals surface area (Å²) in [6.07, 6.45) is 0.965. The third-order valence-electron chi connectivity index (χ3n) is 5.05. The Balaban J connectivity index is 1.60. The first-order chi connectivity index (χ1) is 11.4. The molecule has 2 saturated heterocycles. The van der Waals surface area contributed by atoms with E-state index in [1.54, 1.807) is 17.0 Å². The highest BCUT2D eigenvalue weighted by atomic mass is 35.5. The molecule has 2 aliphatic rings. The second-order valence-corrected chi connectivity index (χ2v) is 7.12. The molecule has 2 fully saturated rings. The molecule has 1 N–H and O–H groups in total. The van der Waals surface area contributed by atoms with Gasteiger partial charge in [-0.1, -0.05) is 11.6 Å². The van der Waals surface area contributed by atoms with Gasteiger partial charge in [0.1, 0.15) is 11.4 Å². The van der Waals surface area contributed by atoms with E-state index < -0.39 is 11.4 Å². The minimum absolute atomic E-state index is 0.103. The molecule has 1 aromatic rings. The normalized spacial score (nSPS) is 21.8. The number of aliphatic hydroxyl groups is 1. The third-order valence-corrected chi connectivity index (χ3v) is 5.34. The second kappa shape index (κ2) is 6.86. The fourth-order valence-electron chi connectivity index (χ4n) is 3.35. The van der Waals surface area contributed by atoms with Crippen LogP contribution >= 0.6 is 11.6 Å². The maximum atomic E-state index is 13.3. The number of piperidine rings is 1. The molecule has 1 amide bonds. The van der Waals surface area contributed by atoms with E-state index in [9.17, 15) is 14.3 Å². The molecule has 0 atom stereocenters. The van der Waals surface area contributed by atoms with Crippen LogP contribution in [0.3, 0.4) is 0 Å². The van der Waals surface area contributed by atoms with Gasteiger partial charge in [0, 0.05) is 45.0 Å². The summed E-state index contributed by atoms with van der Waals surface area (Å²) in [5.41, 5.74) is -0.375. The van der Waals surface area contributed by atoms with E-state index in [4.69, 9.17) is 11.6 Å². The minimum Gasteiger partial charge on any atom is -0.380 e. The number of hydrogen-bond acceptors (Lipinski definition) is 4. The number of benzene rings is 1. The molecule has 24 heavy (non-hydrogen) atoms. The summed E-state index contributed by atoms with van der Waals surface area (Å²) < 4.78 is 13.3. The van der Waals surface area contributed by atoms with Gasteiger partial charge >= 0.3 is 0 Å². The predicted octanol–water partition coefficient (Wildman–Crippen LogP) is 1.58. The molecular weight excluding hydrogens is 333 g/mol. The quantitative estimate of drug-likeness (QED) is 0.875. The molecule has 0 unspecified atom stereocenters. The summed E-state index contributed by atoms with van der Waals surface area (Å²) in [4.78, 5) is 18.6. The SMILES string of the molecule is CN1CCC(O)(C(=O)N2CCN(c3ccc(F)c(Cl)c3)CC2)CC1. The zero-order chi connectivity index (χ0) is 17.3. The van der Waals surface area contributed by atoms with Crippen molar-refractivity contribution in [3.63, 3.8) is 0 Å². The van der Waals surface area contributed by atoms with E-state index in [0.29, 0.717) is 39.0 Å². The van der Waals surface area contributed by atoms with Crippen molar-refractivity contribution in [3.05, 3.63) is 29.0 Å². The number of piperazine rings is 1. The molecule has 1 aromatic carbocycles. The maximum Gasteiger partial charge on any atom is 0.254 e. The topological polar surface area (TPSA) is 47.0 Å². The zero-order valence-corrected chi connectivity index (χ0v) is 14.6. The first-order valence-corrected chi connectivity index (χ1v) is 8.67. The number of rotatable bonds is 2. The van der Waals surface area contributed by atoms with Crippen LogP contribution in [0.4, 0.5) is 10.1 Å². The van der Waals surface area contributed by atoms with Gasteiger partial charge in [0.15, 0.2) is 0 Å². The summed E-state index contributed by atoms with van der Waals surface area (Å²) in [6, 6.07) is 4.67. The lowest BCUT2D eigenvalue weighted by Gasteiger charge is -2.42. The first-order valence-electron chi connectivity index (χ1n) is 8.29. The highest BCUT2D eigenvalue weighted by molar-refractivity contribution is 6.31. The van der Waals surface area contributed by atoms with Crippen LogP contribution in [-0.4, -0.2) is 72.7 Å². The molecule has 5 nitrogen and oxygen atoms in total. The van der Waals surface area contributed by atoms with Crippen LogP contribution in [0, 0.1) is 5.82 Å². The Labute approximate surface area is 146 Å². The number of anilines is 1. The van der Waals surface area contributed by atoms with Gasteiger partial charge in [-0.25, -0.2) is 4.39 Å². The van der Waals surface area contributed by atoms with Crippen molar-refractivity contribution >= 4 is 23.2 Å². The number of halogens is 2. The average Bonchev–Trinajstić information content (AvgIpc) is 2.59. The number of nitrogens with zero attached hydrogens (tertiary/aromatic N) is 3. The standard InChI is InChI=1S/C17H23ClFN3O2/c1-20-6-4-17(24,5-7-20)16(23)22-10-8-21(9-11-22)13-2-3-15(19)14(18)12-13/h2-3,12,24H,4-11H2,1H3. The molecule has 0 radical (unpaired) electrons. The van der Waals surface area contributed by atoms with E-state index in [-0.39, 0.29) is 10.9 Å². The monoisotopic (exact) mass is 355 g/mol. The number of carbonyl (C=O) groups excluding carboxylic acids is 1. The number of likely N-dealkylation sites (tertiary alicyclic amines) is 1. The van der Waals surface area contributed by atoms with Crippen molar-refractivity contribution < 1.29 is 14.3 Å². The lowest BCUT2D eigenvalue weighted by atomic mass is 9.90. The van der Waals surface area contributed by atoms with Crippen molar-refractivity contribution in [1.29, 1.82) is 0 Å². The first kappa shape index (κ1) is 17.5. The molecule has 0 aromatic heterocycles. The number of hydrogen-bond donors (Lipinski definition) is 1. The van der Waals surface area contributed by atoms with Gasteiger partial charge in [0.25, 0.3) is 5.91 Å². The lowest BCUT2D eigenvalue weighted by Crippen LogP contribution is -2.58. The van der Waals surface area contributed by atoms with E-state index in [2.05, 4.69) is 9.80 Å². The molecule has 3 rings (SSSR count). The van der Waals surface area contributed by atoms with Gasteiger partial charge in [-0.15, -0.1) is 0 Å². The summed E-state index contributed by atoms with van der Waals surface area (Å²) in [7, 11) is 2.00. The molecule has 0 spiro atoms. The Morgan fingerprint density at radius 2 is 1.79 bits per heavy atom. The Kier molecular flexibility index (Phi) is 4.99. The van der Waals surface area contributed by atoms with Crippen LogP contribution in [0.25, 0.3) is 0 Å². The molecular formula is C17H23ClFN3O2. The molecule has 2 heterocycles.